The Balaban J connectivity index is 1.56. The van der Waals surface area contributed by atoms with Gasteiger partial charge in [0.05, 0.1) is 13.2 Å². The molecule has 0 saturated heterocycles. The van der Waals surface area contributed by atoms with Crippen molar-refractivity contribution >= 4 is 23.3 Å². The Morgan fingerprint density at radius 2 is 1.69 bits per heavy atom. The third-order valence-corrected chi connectivity index (χ3v) is 5.09. The number of nitrogen functional groups attached to an aromatic ring is 1. The summed E-state index contributed by atoms with van der Waals surface area (Å²) < 4.78 is 12.4. The molecule has 0 aliphatic heterocycles. The van der Waals surface area contributed by atoms with E-state index in [9.17, 15) is 9.59 Å². The first-order valence-corrected chi connectivity index (χ1v) is 11.5. The maximum Gasteiger partial charge on any atom is 0.275 e. The zero-order chi connectivity index (χ0) is 25.4. The lowest BCUT2D eigenvalue weighted by Gasteiger charge is -2.12. The quantitative estimate of drug-likeness (QED) is 0.384. The van der Waals surface area contributed by atoms with Crippen molar-refractivity contribution in [1.82, 2.24) is 20.3 Å². The predicted molar refractivity (Wildman–Crippen MR) is 134 cm³/mol. The molecule has 0 bridgehead atoms. The number of hydrogen-bond donors (Lipinski definition) is 3. The van der Waals surface area contributed by atoms with Gasteiger partial charge in [0.15, 0.2) is 23.0 Å². The number of carbonyl (C=O) groups excluding carboxylic acids is 2. The molecule has 0 atom stereocenters. The fourth-order valence-electron chi connectivity index (χ4n) is 3.64. The number of rotatable bonds is 11. The molecule has 0 aliphatic rings. The molecule has 10 heteroatoms. The average molecular weight is 481 g/mol. The van der Waals surface area contributed by atoms with Crippen LogP contribution in [0.2, 0.25) is 0 Å². The normalized spacial score (nSPS) is 10.6. The topological polar surface area (TPSA) is 133 Å². The highest BCUT2D eigenvalue weighted by molar-refractivity contribution is 5.97. The second kappa shape index (κ2) is 11.9. The van der Waals surface area contributed by atoms with Gasteiger partial charge >= 0.3 is 0 Å². The van der Waals surface area contributed by atoms with Crippen molar-refractivity contribution in [1.29, 1.82) is 0 Å². The van der Waals surface area contributed by atoms with E-state index in [2.05, 4.69) is 20.9 Å². The third-order valence-electron chi connectivity index (χ3n) is 5.09. The third kappa shape index (κ3) is 6.95. The lowest BCUT2D eigenvalue weighted by atomic mass is 10.1. The summed E-state index contributed by atoms with van der Waals surface area (Å²) in [7, 11) is 0. The Kier molecular flexibility index (Phi) is 8.66. The van der Waals surface area contributed by atoms with E-state index in [1.807, 2.05) is 64.1 Å². The molecule has 4 N–H and O–H groups in total. The standard InChI is InChI=1S/C25H32N6O4/c1-5-34-20-8-7-18(14-21(20)35-6-2)9-10-27-25(33)23-24(26)31(30-29-23)15-22(32)28-19-12-16(3)11-17(4)13-19/h7-8,11-14H,5-6,9-10,15,26H2,1-4H3,(H,27,33)(H,28,32). The lowest BCUT2D eigenvalue weighted by molar-refractivity contribution is -0.116. The number of nitrogens with zero attached hydrogens (tertiary/aromatic N) is 3. The first kappa shape index (κ1) is 25.5. The molecule has 10 nitrogen and oxygen atoms in total. The van der Waals surface area contributed by atoms with Gasteiger partial charge in [0.25, 0.3) is 5.91 Å². The number of carbonyl (C=O) groups is 2. The fourth-order valence-corrected chi connectivity index (χ4v) is 3.64. The summed E-state index contributed by atoms with van der Waals surface area (Å²) in [5.41, 5.74) is 9.77. The summed E-state index contributed by atoms with van der Waals surface area (Å²) in [6.07, 6.45) is 0.574. The summed E-state index contributed by atoms with van der Waals surface area (Å²) >= 11 is 0. The van der Waals surface area contributed by atoms with E-state index in [4.69, 9.17) is 15.2 Å². The minimum absolute atomic E-state index is 0.0223. The number of nitrogens with two attached hydrogens (primary N) is 1. The van der Waals surface area contributed by atoms with E-state index in [0.717, 1.165) is 16.7 Å². The van der Waals surface area contributed by atoms with Crippen LogP contribution in [0.25, 0.3) is 0 Å². The smallest absolute Gasteiger partial charge is 0.275 e. The van der Waals surface area contributed by atoms with E-state index < -0.39 is 5.91 Å². The molecule has 186 valence electrons. The second-order valence-electron chi connectivity index (χ2n) is 8.06. The Hall–Kier alpha value is -4.08. The molecule has 35 heavy (non-hydrogen) atoms. The van der Waals surface area contributed by atoms with Crippen LogP contribution in [0.5, 0.6) is 11.5 Å². The van der Waals surface area contributed by atoms with Crippen molar-refractivity contribution in [3.8, 4) is 11.5 Å². The van der Waals surface area contributed by atoms with Crippen LogP contribution in [0.4, 0.5) is 11.5 Å². The number of benzene rings is 2. The zero-order valence-corrected chi connectivity index (χ0v) is 20.6. The van der Waals surface area contributed by atoms with Gasteiger partial charge in [-0.25, -0.2) is 4.68 Å². The SMILES string of the molecule is CCOc1ccc(CCNC(=O)c2nnn(CC(=O)Nc3cc(C)cc(C)c3)c2N)cc1OCC. The highest BCUT2D eigenvalue weighted by atomic mass is 16.5. The Bertz CT molecular complexity index is 1170. The molecule has 3 rings (SSSR count). The van der Waals surface area contributed by atoms with Crippen molar-refractivity contribution in [2.45, 2.75) is 40.7 Å². The molecule has 1 heterocycles. The molecular formula is C25H32N6O4. The van der Waals surface area contributed by atoms with Crippen LogP contribution in [0, 0.1) is 13.8 Å². The monoisotopic (exact) mass is 480 g/mol. The fraction of sp³-hybridized carbons (Fsp3) is 0.360. The van der Waals surface area contributed by atoms with Gasteiger partial charge in [-0.15, -0.1) is 5.10 Å². The van der Waals surface area contributed by atoms with Crippen molar-refractivity contribution in [2.24, 2.45) is 0 Å². The first-order chi connectivity index (χ1) is 16.8. The van der Waals surface area contributed by atoms with E-state index >= 15 is 0 Å². The average Bonchev–Trinajstić information content (AvgIpc) is 3.15. The van der Waals surface area contributed by atoms with Crippen molar-refractivity contribution in [3.05, 3.63) is 58.8 Å². The number of ether oxygens (including phenoxy) is 2. The van der Waals surface area contributed by atoms with Crippen LogP contribution < -0.4 is 25.8 Å². The van der Waals surface area contributed by atoms with E-state index in [1.165, 1.54) is 4.68 Å². The van der Waals surface area contributed by atoms with E-state index in [-0.39, 0.29) is 24.0 Å². The van der Waals surface area contributed by atoms with E-state index in [1.54, 1.807) is 0 Å². The molecule has 0 aliphatic carbocycles. The molecule has 1 aromatic heterocycles. The molecular weight excluding hydrogens is 448 g/mol. The lowest BCUT2D eigenvalue weighted by Crippen LogP contribution is -2.27. The molecule has 2 aromatic carbocycles. The van der Waals surface area contributed by atoms with Gasteiger partial charge in [0.2, 0.25) is 5.91 Å². The van der Waals surface area contributed by atoms with Gasteiger partial charge in [-0.1, -0.05) is 17.3 Å². The van der Waals surface area contributed by atoms with Gasteiger partial charge in [-0.05, 0) is 75.1 Å². The molecule has 0 unspecified atom stereocenters. The second-order valence-corrected chi connectivity index (χ2v) is 8.06. The van der Waals surface area contributed by atoms with Gasteiger partial charge in [0, 0.05) is 12.2 Å². The van der Waals surface area contributed by atoms with Crippen LogP contribution in [0.3, 0.4) is 0 Å². The summed E-state index contributed by atoms with van der Waals surface area (Å²) in [6, 6.07) is 11.5. The maximum absolute atomic E-state index is 12.6. The summed E-state index contributed by atoms with van der Waals surface area (Å²) in [5, 5.41) is 13.3. The Morgan fingerprint density at radius 3 is 2.37 bits per heavy atom. The van der Waals surface area contributed by atoms with Crippen molar-refractivity contribution in [2.75, 3.05) is 30.8 Å². The van der Waals surface area contributed by atoms with Gasteiger partial charge < -0.3 is 25.8 Å². The molecule has 3 aromatic rings. The van der Waals surface area contributed by atoms with Gasteiger partial charge in [0.1, 0.15) is 6.54 Å². The number of amides is 2. The Morgan fingerprint density at radius 1 is 1.00 bits per heavy atom. The minimum Gasteiger partial charge on any atom is -0.490 e. The predicted octanol–water partition coefficient (Wildman–Crippen LogP) is 2.89. The highest BCUT2D eigenvalue weighted by Gasteiger charge is 2.19. The minimum atomic E-state index is -0.459. The Labute approximate surface area is 204 Å². The number of hydrogen-bond acceptors (Lipinski definition) is 7. The largest absolute Gasteiger partial charge is 0.490 e. The molecule has 0 spiro atoms. The maximum atomic E-state index is 12.6. The van der Waals surface area contributed by atoms with Crippen LogP contribution >= 0.6 is 0 Å². The van der Waals surface area contributed by atoms with E-state index in [0.29, 0.717) is 43.4 Å². The van der Waals surface area contributed by atoms with Crippen molar-refractivity contribution < 1.29 is 19.1 Å². The van der Waals surface area contributed by atoms with Crippen LogP contribution in [0.15, 0.2) is 36.4 Å². The molecule has 0 radical (unpaired) electrons. The molecule has 2 amide bonds. The number of anilines is 2. The highest BCUT2D eigenvalue weighted by Crippen LogP contribution is 2.28. The van der Waals surface area contributed by atoms with Gasteiger partial charge in [-0.3, -0.25) is 9.59 Å². The number of nitrogens with one attached hydrogen (secondary N) is 2. The molecule has 0 saturated carbocycles. The van der Waals surface area contributed by atoms with Crippen molar-refractivity contribution in [3.63, 3.8) is 0 Å². The first-order valence-electron chi connectivity index (χ1n) is 11.5. The summed E-state index contributed by atoms with van der Waals surface area (Å²) in [4.78, 5) is 25.0. The van der Waals surface area contributed by atoms with Crippen LogP contribution in [0.1, 0.15) is 41.0 Å². The number of aryl methyl sites for hydroxylation is 2. The summed E-state index contributed by atoms with van der Waals surface area (Å²) in [6.45, 7) is 9.01. The zero-order valence-electron chi connectivity index (χ0n) is 20.6. The summed E-state index contributed by atoms with van der Waals surface area (Å²) in [5.74, 6) is 0.605. The van der Waals surface area contributed by atoms with Crippen LogP contribution in [-0.2, 0) is 17.8 Å². The number of aromatic nitrogens is 3. The molecule has 0 fully saturated rings. The van der Waals surface area contributed by atoms with Gasteiger partial charge in [-0.2, -0.15) is 0 Å². The van der Waals surface area contributed by atoms with Crippen LogP contribution in [-0.4, -0.2) is 46.6 Å².